The smallest absolute Gasteiger partial charge is 0.157 e. The molecule has 1 fully saturated rings. The van der Waals surface area contributed by atoms with E-state index < -0.39 is 0 Å². The summed E-state index contributed by atoms with van der Waals surface area (Å²) in [6, 6.07) is 13.9. The van der Waals surface area contributed by atoms with Gasteiger partial charge in [-0.1, -0.05) is 91.8 Å². The number of rotatable bonds is 6. The predicted octanol–water partition coefficient (Wildman–Crippen LogP) is 0.180. The fourth-order valence-corrected chi connectivity index (χ4v) is 4.89. The van der Waals surface area contributed by atoms with Gasteiger partial charge in [-0.25, -0.2) is 0 Å². The van der Waals surface area contributed by atoms with Gasteiger partial charge in [0.2, 0.25) is 0 Å². The number of hydrogen-bond donors (Lipinski definition) is 1. The molecule has 2 aromatic rings. The van der Waals surface area contributed by atoms with Gasteiger partial charge in [-0.3, -0.25) is 4.90 Å². The average Bonchev–Trinajstić information content (AvgIpc) is 3.15. The zero-order valence-electron chi connectivity index (χ0n) is 21.0. The maximum Gasteiger partial charge on any atom is 0.157 e. The molecule has 2 nitrogen and oxygen atoms in total. The van der Waals surface area contributed by atoms with Gasteiger partial charge in [0.25, 0.3) is 0 Å². The van der Waals surface area contributed by atoms with Crippen molar-refractivity contribution in [1.29, 1.82) is 0 Å². The molecule has 179 valence electrons. The Hall–Kier alpha value is -0.636. The molecule has 1 N–H and O–H groups in total. The third-order valence-electron chi connectivity index (χ3n) is 6.45. The number of para-hydroxylation sites is 2. The van der Waals surface area contributed by atoms with E-state index in [1.807, 2.05) is 0 Å². The van der Waals surface area contributed by atoms with Crippen LogP contribution in [0.5, 0.6) is 0 Å². The second-order valence-electron chi connectivity index (χ2n) is 9.99. The first-order valence-electron chi connectivity index (χ1n) is 11.6. The van der Waals surface area contributed by atoms with E-state index in [0.717, 1.165) is 13.2 Å². The van der Waals surface area contributed by atoms with E-state index in [-0.39, 0.29) is 43.4 Å². The first-order valence-corrected chi connectivity index (χ1v) is 11.6. The molecule has 1 aliphatic rings. The van der Waals surface area contributed by atoms with E-state index in [1.54, 1.807) is 10.6 Å². The van der Waals surface area contributed by atoms with Crippen LogP contribution < -0.4 is 34.6 Å². The van der Waals surface area contributed by atoms with Gasteiger partial charge in [0.05, 0.1) is 6.54 Å². The first-order chi connectivity index (χ1) is 13.7. The van der Waals surface area contributed by atoms with Crippen LogP contribution in [0.2, 0.25) is 0 Å². The van der Waals surface area contributed by atoms with E-state index in [1.165, 1.54) is 34.5 Å². The standard InChI is InChI=1S/C27H40N2.2ClH.V/c1-18(2)22-11-9-12-23(19(3)4)26(22)28-15-16-29(17-28)27-24(20(5)6)13-10-14-25(27)21(7)8;;;/h9-14,18-21H,15-17H2,1-8H3;2*1H;/p-1. The zero-order valence-corrected chi connectivity index (χ0v) is 24.0. The fourth-order valence-electron chi connectivity index (χ4n) is 4.89. The van der Waals surface area contributed by atoms with Gasteiger partial charge >= 0.3 is 0 Å². The Morgan fingerprint density at radius 1 is 0.656 bits per heavy atom. The largest absolute Gasteiger partial charge is 1.00 e. The van der Waals surface area contributed by atoms with Crippen molar-refractivity contribution in [2.24, 2.45) is 0 Å². The molecule has 1 saturated heterocycles. The minimum absolute atomic E-state index is 0. The topological polar surface area (TPSA) is 7.68 Å². The van der Waals surface area contributed by atoms with Crippen LogP contribution >= 0.6 is 0 Å². The zero-order chi connectivity index (χ0) is 21.3. The maximum absolute atomic E-state index is 2.67. The number of benzene rings is 2. The normalized spacial score (nSPS) is 15.8. The Morgan fingerprint density at radius 2 is 1.03 bits per heavy atom. The molecule has 1 radical (unpaired) electrons. The number of halogens is 2. The van der Waals surface area contributed by atoms with E-state index >= 15 is 0 Å². The fraction of sp³-hybridized carbons (Fsp3) is 0.556. The van der Waals surface area contributed by atoms with Crippen LogP contribution in [0.1, 0.15) is 101 Å². The van der Waals surface area contributed by atoms with Gasteiger partial charge in [0.15, 0.2) is 6.67 Å². The Bertz CT molecular complexity index is 728. The van der Waals surface area contributed by atoms with Crippen molar-refractivity contribution >= 4 is 11.4 Å². The van der Waals surface area contributed by atoms with E-state index in [9.17, 15) is 0 Å². The summed E-state index contributed by atoms with van der Waals surface area (Å²) in [7, 11) is 0. The van der Waals surface area contributed by atoms with Crippen LogP contribution in [0.15, 0.2) is 36.4 Å². The van der Waals surface area contributed by atoms with Crippen molar-refractivity contribution in [1.82, 2.24) is 0 Å². The summed E-state index contributed by atoms with van der Waals surface area (Å²) >= 11 is 0. The Morgan fingerprint density at radius 3 is 1.41 bits per heavy atom. The molecule has 1 aliphatic heterocycles. The molecule has 0 amide bonds. The Kier molecular flexibility index (Phi) is 13.0. The Labute approximate surface area is 221 Å². The molecular weight excluding hydrogens is 474 g/mol. The quantitative estimate of drug-likeness (QED) is 0.577. The van der Waals surface area contributed by atoms with Crippen LogP contribution in [0.25, 0.3) is 0 Å². The average molecular weight is 515 g/mol. The molecule has 0 aromatic heterocycles. The second kappa shape index (κ2) is 13.3. The van der Waals surface area contributed by atoms with Crippen molar-refractivity contribution in [3.8, 4) is 0 Å². The van der Waals surface area contributed by atoms with Crippen LogP contribution in [0.3, 0.4) is 0 Å². The van der Waals surface area contributed by atoms with Crippen LogP contribution in [0.4, 0.5) is 11.4 Å². The van der Waals surface area contributed by atoms with Crippen LogP contribution in [-0.2, 0) is 18.6 Å². The van der Waals surface area contributed by atoms with Gasteiger partial charge in [-0.2, -0.15) is 0 Å². The van der Waals surface area contributed by atoms with Gasteiger partial charge in [-0.15, -0.1) is 0 Å². The van der Waals surface area contributed by atoms with E-state index in [4.69, 9.17) is 0 Å². The minimum Gasteiger partial charge on any atom is -1.00 e. The molecule has 32 heavy (non-hydrogen) atoms. The summed E-state index contributed by atoms with van der Waals surface area (Å²) in [4.78, 5) is 4.30. The molecule has 0 spiro atoms. The number of anilines is 1. The summed E-state index contributed by atoms with van der Waals surface area (Å²) in [5.74, 6) is 2.20. The minimum atomic E-state index is 0. The molecule has 1 heterocycles. The first kappa shape index (κ1) is 31.4. The van der Waals surface area contributed by atoms with Crippen LogP contribution in [-0.4, -0.2) is 19.8 Å². The summed E-state index contributed by atoms with van der Waals surface area (Å²) < 4.78 is 0. The molecule has 0 aliphatic carbocycles. The summed E-state index contributed by atoms with van der Waals surface area (Å²) in [5.41, 5.74) is 9.11. The van der Waals surface area contributed by atoms with Gasteiger partial charge in [0, 0.05) is 35.4 Å². The molecule has 0 bridgehead atoms. The summed E-state index contributed by atoms with van der Waals surface area (Å²) in [5, 5.41) is 0. The Balaban J connectivity index is 0.00000320. The second-order valence-corrected chi connectivity index (χ2v) is 9.99. The van der Waals surface area contributed by atoms with Crippen molar-refractivity contribution in [3.05, 3.63) is 58.7 Å². The third-order valence-corrected chi connectivity index (χ3v) is 6.45. The molecule has 1 unspecified atom stereocenters. The number of hydrogen-bond acceptors (Lipinski definition) is 1. The number of nitrogens with zero attached hydrogens (tertiary/aromatic N) is 1. The molecule has 0 saturated carbocycles. The van der Waals surface area contributed by atoms with Gasteiger partial charge < -0.3 is 29.7 Å². The van der Waals surface area contributed by atoms with Crippen molar-refractivity contribution in [2.45, 2.75) is 79.1 Å². The van der Waals surface area contributed by atoms with Crippen molar-refractivity contribution in [3.63, 3.8) is 0 Å². The number of quaternary nitrogens is 1. The third kappa shape index (κ3) is 6.48. The van der Waals surface area contributed by atoms with Crippen LogP contribution in [0, 0.1) is 0 Å². The predicted molar refractivity (Wildman–Crippen MR) is 127 cm³/mol. The van der Waals surface area contributed by atoms with Gasteiger partial charge in [-0.05, 0) is 34.8 Å². The SMILES string of the molecule is CC(C)c1cccc(C(C)C)c1N1CC[NH+](c2c(C(C)C)cccc2C(C)C)C1.[Cl-].[Cl-].[V]. The maximum atomic E-state index is 2.67. The van der Waals surface area contributed by atoms with Crippen molar-refractivity contribution < 1.29 is 48.3 Å². The summed E-state index contributed by atoms with van der Waals surface area (Å²) in [6.07, 6.45) is 0. The molecule has 2 aromatic carbocycles. The monoisotopic (exact) mass is 514 g/mol. The van der Waals surface area contributed by atoms with Crippen molar-refractivity contribution in [2.75, 3.05) is 24.7 Å². The molecular formula is C27H41Cl2N2V-. The number of nitrogens with one attached hydrogen (secondary N) is 1. The van der Waals surface area contributed by atoms with E-state index in [0.29, 0.717) is 23.7 Å². The molecule has 1 atom stereocenters. The van der Waals surface area contributed by atoms with Gasteiger partial charge in [0.1, 0.15) is 12.2 Å². The summed E-state index contributed by atoms with van der Waals surface area (Å²) in [6.45, 7) is 22.0. The molecule has 3 rings (SSSR count). The molecule has 5 heteroatoms. The van der Waals surface area contributed by atoms with E-state index in [2.05, 4.69) is 96.7 Å².